The molecule has 9 nitrogen and oxygen atoms in total. The van der Waals surface area contributed by atoms with E-state index in [9.17, 15) is 8.42 Å². The lowest BCUT2D eigenvalue weighted by Crippen LogP contribution is -2.36. The molecule has 1 aliphatic heterocycles. The smallest absolute Gasteiger partial charge is 0.211 e. The maximum atomic E-state index is 12.1. The predicted octanol–water partition coefficient (Wildman–Crippen LogP) is 2.85. The molecule has 11 heteroatoms. The highest BCUT2D eigenvalue weighted by Gasteiger charge is 2.22. The van der Waals surface area contributed by atoms with Crippen LogP contribution in [0.25, 0.3) is 32.5 Å². The Morgan fingerprint density at radius 1 is 1.25 bits per heavy atom. The second-order valence-corrected chi connectivity index (χ2v) is 10.8. The van der Waals surface area contributed by atoms with Crippen LogP contribution >= 0.6 is 11.3 Å². The Kier molecular flexibility index (Phi) is 5.58. The van der Waals surface area contributed by atoms with Gasteiger partial charge in [-0.15, -0.1) is 11.3 Å². The molecule has 4 aromatic rings. The van der Waals surface area contributed by atoms with Gasteiger partial charge in [0.25, 0.3) is 0 Å². The average molecular weight is 473 g/mol. The van der Waals surface area contributed by atoms with Crippen molar-refractivity contribution in [2.24, 2.45) is 0 Å². The van der Waals surface area contributed by atoms with E-state index in [-0.39, 0.29) is 0 Å². The van der Waals surface area contributed by atoms with Crippen molar-refractivity contribution in [3.05, 3.63) is 35.3 Å². The van der Waals surface area contributed by atoms with Gasteiger partial charge in [-0.1, -0.05) is 19.1 Å². The number of thiophene rings is 1. The lowest BCUT2D eigenvalue weighted by Gasteiger charge is -2.28. The molecular weight excluding hydrogens is 448 g/mol. The number of sulfonamides is 1. The Labute approximate surface area is 190 Å². The van der Waals surface area contributed by atoms with Crippen molar-refractivity contribution in [3.63, 3.8) is 0 Å². The molecule has 3 aromatic heterocycles. The number of nitrogens with one attached hydrogen (secondary N) is 1. The van der Waals surface area contributed by atoms with E-state index in [1.54, 1.807) is 17.5 Å². The van der Waals surface area contributed by atoms with Crippen molar-refractivity contribution in [1.29, 1.82) is 0 Å². The zero-order chi connectivity index (χ0) is 22.3. The van der Waals surface area contributed by atoms with Gasteiger partial charge in [0.1, 0.15) is 0 Å². The van der Waals surface area contributed by atoms with Crippen molar-refractivity contribution in [1.82, 2.24) is 24.5 Å². The van der Waals surface area contributed by atoms with Crippen LogP contribution in [0.5, 0.6) is 0 Å². The van der Waals surface area contributed by atoms with E-state index >= 15 is 0 Å². The summed E-state index contributed by atoms with van der Waals surface area (Å²) in [5.74, 6) is 1.50. The number of rotatable bonds is 6. The summed E-state index contributed by atoms with van der Waals surface area (Å²) >= 11 is 1.55. The van der Waals surface area contributed by atoms with Gasteiger partial charge in [-0.3, -0.25) is 5.10 Å². The number of hydrogen-bond acceptors (Lipinski definition) is 8. The molecule has 168 valence electrons. The zero-order valence-electron chi connectivity index (χ0n) is 17.9. The van der Waals surface area contributed by atoms with Crippen LogP contribution in [0.3, 0.4) is 0 Å². The molecule has 0 saturated carbocycles. The summed E-state index contributed by atoms with van der Waals surface area (Å²) in [6.45, 7) is 5.38. The third kappa shape index (κ3) is 3.96. The minimum absolute atomic E-state index is 0.325. The molecular formula is C21H24N6O3S2. The first-order valence-electron chi connectivity index (χ1n) is 10.4. The highest BCUT2D eigenvalue weighted by molar-refractivity contribution is 7.88. The molecule has 4 heterocycles. The Balaban J connectivity index is 1.65. The van der Waals surface area contributed by atoms with Crippen LogP contribution in [-0.2, 0) is 21.3 Å². The van der Waals surface area contributed by atoms with E-state index in [2.05, 4.69) is 15.1 Å². The molecule has 0 aliphatic carbocycles. The van der Waals surface area contributed by atoms with Crippen LogP contribution in [0.1, 0.15) is 11.8 Å². The molecule has 32 heavy (non-hydrogen) atoms. The standard InChI is InChI=1S/C21H24N6O3S2/c1-3-27(32(2,28)29)13-14-11-18-19(31-14)21(26-7-9-30-10-8-26)24-20(23-18)15-5-4-6-17-16(15)12-22-25-17/h4-6,11-12H,3,7-10,13H2,1-2H3,(H,22,25). The molecule has 1 saturated heterocycles. The fraction of sp³-hybridized carbons (Fsp3) is 0.381. The largest absolute Gasteiger partial charge is 0.378 e. The molecule has 0 bridgehead atoms. The van der Waals surface area contributed by atoms with Gasteiger partial charge in [-0.2, -0.15) is 9.40 Å². The van der Waals surface area contributed by atoms with Crippen LogP contribution in [0.2, 0.25) is 0 Å². The van der Waals surface area contributed by atoms with Gasteiger partial charge in [-0.25, -0.2) is 18.4 Å². The fourth-order valence-corrected chi connectivity index (χ4v) is 6.01. The number of nitrogens with zero attached hydrogens (tertiary/aromatic N) is 5. The van der Waals surface area contributed by atoms with Crippen LogP contribution in [-0.4, -0.2) is 72.0 Å². The van der Waals surface area contributed by atoms with Crippen molar-refractivity contribution in [2.45, 2.75) is 13.5 Å². The maximum absolute atomic E-state index is 12.1. The number of hydrogen-bond donors (Lipinski definition) is 1. The van der Waals surface area contributed by atoms with Crippen LogP contribution in [0, 0.1) is 0 Å². The second kappa shape index (κ2) is 8.39. The molecule has 0 spiro atoms. The second-order valence-electron chi connectivity index (χ2n) is 7.72. The van der Waals surface area contributed by atoms with Gasteiger partial charge in [0, 0.05) is 42.0 Å². The van der Waals surface area contributed by atoms with E-state index in [4.69, 9.17) is 14.7 Å². The molecule has 0 atom stereocenters. The molecule has 5 rings (SSSR count). The fourth-order valence-electron chi connectivity index (χ4n) is 3.95. The Hall–Kier alpha value is -2.60. The molecule has 0 radical (unpaired) electrons. The minimum Gasteiger partial charge on any atom is -0.378 e. The summed E-state index contributed by atoms with van der Waals surface area (Å²) in [6.07, 6.45) is 3.03. The number of fused-ring (bicyclic) bond motifs is 2. The van der Waals surface area contributed by atoms with Gasteiger partial charge in [0.2, 0.25) is 10.0 Å². The summed E-state index contributed by atoms with van der Waals surface area (Å²) in [6, 6.07) is 7.92. The van der Waals surface area contributed by atoms with Crippen LogP contribution < -0.4 is 4.90 Å². The number of H-pyrrole nitrogens is 1. The van der Waals surface area contributed by atoms with Crippen molar-refractivity contribution >= 4 is 48.3 Å². The van der Waals surface area contributed by atoms with E-state index in [0.717, 1.165) is 50.5 Å². The third-order valence-electron chi connectivity index (χ3n) is 5.59. The topological polar surface area (TPSA) is 104 Å². The Morgan fingerprint density at radius 3 is 2.81 bits per heavy atom. The molecule has 0 unspecified atom stereocenters. The minimum atomic E-state index is -3.28. The predicted molar refractivity (Wildman–Crippen MR) is 126 cm³/mol. The first-order chi connectivity index (χ1) is 15.4. The van der Waals surface area contributed by atoms with E-state index in [1.165, 1.54) is 10.6 Å². The Morgan fingerprint density at radius 2 is 2.06 bits per heavy atom. The summed E-state index contributed by atoms with van der Waals surface area (Å²) in [5.41, 5.74) is 2.66. The quantitative estimate of drug-likeness (QED) is 0.460. The normalized spacial score (nSPS) is 15.3. The molecule has 1 aliphatic rings. The number of aromatic amines is 1. The summed E-state index contributed by atoms with van der Waals surface area (Å²) in [7, 11) is -3.28. The van der Waals surface area contributed by atoms with Gasteiger partial charge in [0.05, 0.1) is 41.4 Å². The van der Waals surface area contributed by atoms with Crippen molar-refractivity contribution < 1.29 is 13.2 Å². The summed E-state index contributed by atoms with van der Waals surface area (Å²) in [5, 5.41) is 8.12. The molecule has 1 N–H and O–H groups in total. The number of aromatic nitrogens is 4. The van der Waals surface area contributed by atoms with E-state index < -0.39 is 10.0 Å². The number of morpholine rings is 1. The highest BCUT2D eigenvalue weighted by Crippen LogP contribution is 2.36. The van der Waals surface area contributed by atoms with Crippen LogP contribution in [0.4, 0.5) is 5.82 Å². The van der Waals surface area contributed by atoms with E-state index in [0.29, 0.717) is 32.1 Å². The number of ether oxygens (including phenoxy) is 1. The molecule has 1 fully saturated rings. The van der Waals surface area contributed by atoms with Gasteiger partial charge < -0.3 is 9.64 Å². The van der Waals surface area contributed by atoms with Crippen molar-refractivity contribution in [2.75, 3.05) is 44.0 Å². The Bertz CT molecular complexity index is 1370. The lowest BCUT2D eigenvalue weighted by atomic mass is 10.1. The number of anilines is 1. The SMILES string of the molecule is CCN(Cc1cc2nc(-c3cccc4[nH]ncc34)nc(N3CCOCC3)c2s1)S(C)(=O)=O. The monoisotopic (exact) mass is 472 g/mol. The maximum Gasteiger partial charge on any atom is 0.211 e. The van der Waals surface area contributed by atoms with Gasteiger partial charge in [0.15, 0.2) is 11.6 Å². The van der Waals surface area contributed by atoms with Gasteiger partial charge in [-0.05, 0) is 12.1 Å². The third-order valence-corrected chi connectivity index (χ3v) is 8.03. The van der Waals surface area contributed by atoms with Crippen molar-refractivity contribution in [3.8, 4) is 11.4 Å². The molecule has 1 aromatic carbocycles. The first-order valence-corrected chi connectivity index (χ1v) is 13.1. The molecule has 0 amide bonds. The summed E-state index contributed by atoms with van der Waals surface area (Å²) < 4.78 is 32.2. The lowest BCUT2D eigenvalue weighted by molar-refractivity contribution is 0.122. The van der Waals surface area contributed by atoms with Crippen LogP contribution in [0.15, 0.2) is 30.5 Å². The average Bonchev–Trinajstić information content (AvgIpc) is 3.42. The zero-order valence-corrected chi connectivity index (χ0v) is 19.5. The number of benzene rings is 1. The highest BCUT2D eigenvalue weighted by atomic mass is 32.2. The first kappa shape index (κ1) is 21.3. The van der Waals surface area contributed by atoms with Gasteiger partial charge >= 0.3 is 0 Å². The summed E-state index contributed by atoms with van der Waals surface area (Å²) in [4.78, 5) is 13.0. The van der Waals surface area contributed by atoms with E-state index in [1.807, 2.05) is 31.2 Å².